The lowest BCUT2D eigenvalue weighted by atomic mass is 9.86. The van der Waals surface area contributed by atoms with Crippen molar-refractivity contribution in [3.05, 3.63) is 35.6 Å². The lowest BCUT2D eigenvalue weighted by Crippen LogP contribution is -2.45. The number of hydrogen-bond acceptors (Lipinski definition) is 2. The molecular weight excluding hydrogens is 297 g/mol. The molecule has 0 aliphatic heterocycles. The molecule has 0 radical (unpaired) electrons. The van der Waals surface area contributed by atoms with Gasteiger partial charge in [-0.2, -0.15) is 0 Å². The molecule has 1 aromatic carbocycles. The third-order valence-electron chi connectivity index (χ3n) is 4.65. The van der Waals surface area contributed by atoms with Crippen molar-refractivity contribution in [2.45, 2.75) is 57.4 Å². The SMILES string of the molecule is CC(C(=O)NC1CCCCCCC1C(=O)O)c1cccc(F)c1. The van der Waals surface area contributed by atoms with Gasteiger partial charge in [-0.05, 0) is 37.5 Å². The van der Waals surface area contributed by atoms with Crippen molar-refractivity contribution in [1.29, 1.82) is 0 Å². The van der Waals surface area contributed by atoms with E-state index in [4.69, 9.17) is 0 Å². The van der Waals surface area contributed by atoms with Crippen LogP contribution in [0.1, 0.15) is 56.9 Å². The molecule has 1 aliphatic carbocycles. The van der Waals surface area contributed by atoms with Crippen LogP contribution in [-0.4, -0.2) is 23.0 Å². The van der Waals surface area contributed by atoms with Crippen LogP contribution in [0.15, 0.2) is 24.3 Å². The molecule has 3 unspecified atom stereocenters. The Bertz CT molecular complexity index is 561. The molecule has 0 spiro atoms. The number of carboxylic acid groups (broad SMARTS) is 1. The number of amides is 1. The number of carbonyl (C=O) groups excluding carboxylic acids is 1. The van der Waals surface area contributed by atoms with Crippen LogP contribution in [0.3, 0.4) is 0 Å². The van der Waals surface area contributed by atoms with E-state index in [1.54, 1.807) is 19.1 Å². The molecule has 0 bridgehead atoms. The van der Waals surface area contributed by atoms with E-state index in [0.717, 1.165) is 25.7 Å². The summed E-state index contributed by atoms with van der Waals surface area (Å²) in [6.45, 7) is 1.71. The minimum atomic E-state index is -0.851. The van der Waals surface area contributed by atoms with E-state index in [1.807, 2.05) is 0 Å². The van der Waals surface area contributed by atoms with Gasteiger partial charge in [-0.15, -0.1) is 0 Å². The maximum atomic E-state index is 13.3. The van der Waals surface area contributed by atoms with Gasteiger partial charge < -0.3 is 10.4 Å². The van der Waals surface area contributed by atoms with Gasteiger partial charge in [0, 0.05) is 6.04 Å². The summed E-state index contributed by atoms with van der Waals surface area (Å²) in [5.41, 5.74) is 0.597. The van der Waals surface area contributed by atoms with Gasteiger partial charge in [-0.3, -0.25) is 9.59 Å². The normalized spacial score (nSPS) is 23.4. The standard InChI is InChI=1S/C18H24FNO3/c1-12(13-7-6-8-14(19)11-13)17(21)20-16-10-5-3-2-4-9-15(16)18(22)23/h6-8,11-12,15-16H,2-5,9-10H2,1H3,(H,20,21)(H,22,23). The van der Waals surface area contributed by atoms with E-state index in [9.17, 15) is 19.1 Å². The predicted octanol–water partition coefficient (Wildman–Crippen LogP) is 3.47. The molecule has 0 saturated heterocycles. The molecule has 126 valence electrons. The highest BCUT2D eigenvalue weighted by atomic mass is 19.1. The molecule has 1 saturated carbocycles. The van der Waals surface area contributed by atoms with Gasteiger partial charge in [0.25, 0.3) is 0 Å². The second kappa shape index (κ2) is 8.09. The minimum Gasteiger partial charge on any atom is -0.481 e. The van der Waals surface area contributed by atoms with Crippen LogP contribution in [0, 0.1) is 11.7 Å². The lowest BCUT2D eigenvalue weighted by molar-refractivity contribution is -0.143. The molecule has 1 amide bonds. The van der Waals surface area contributed by atoms with E-state index in [0.29, 0.717) is 18.4 Å². The Morgan fingerprint density at radius 1 is 1.22 bits per heavy atom. The van der Waals surface area contributed by atoms with E-state index >= 15 is 0 Å². The maximum absolute atomic E-state index is 13.3. The van der Waals surface area contributed by atoms with Crippen molar-refractivity contribution in [2.75, 3.05) is 0 Å². The van der Waals surface area contributed by atoms with Crippen molar-refractivity contribution >= 4 is 11.9 Å². The monoisotopic (exact) mass is 321 g/mol. The van der Waals surface area contributed by atoms with Gasteiger partial charge >= 0.3 is 5.97 Å². The van der Waals surface area contributed by atoms with E-state index in [-0.39, 0.29) is 17.8 Å². The van der Waals surface area contributed by atoms with Crippen LogP contribution in [0.2, 0.25) is 0 Å². The van der Waals surface area contributed by atoms with E-state index in [2.05, 4.69) is 5.32 Å². The number of halogens is 1. The summed E-state index contributed by atoms with van der Waals surface area (Å²) < 4.78 is 13.3. The first kappa shape index (κ1) is 17.4. The number of nitrogens with one attached hydrogen (secondary N) is 1. The Labute approximate surface area is 136 Å². The average molecular weight is 321 g/mol. The second-order valence-electron chi connectivity index (χ2n) is 6.33. The summed E-state index contributed by atoms with van der Waals surface area (Å²) in [7, 11) is 0. The third kappa shape index (κ3) is 4.78. The highest BCUT2D eigenvalue weighted by molar-refractivity contribution is 5.84. The first-order chi connectivity index (χ1) is 11.0. The Morgan fingerprint density at radius 2 is 1.91 bits per heavy atom. The van der Waals surface area contributed by atoms with Crippen molar-refractivity contribution in [2.24, 2.45) is 5.92 Å². The fourth-order valence-corrected chi connectivity index (χ4v) is 3.19. The van der Waals surface area contributed by atoms with Gasteiger partial charge in [-0.25, -0.2) is 4.39 Å². The van der Waals surface area contributed by atoms with E-state index in [1.165, 1.54) is 12.1 Å². The zero-order chi connectivity index (χ0) is 16.8. The summed E-state index contributed by atoms with van der Waals surface area (Å²) >= 11 is 0. The molecule has 23 heavy (non-hydrogen) atoms. The van der Waals surface area contributed by atoms with Gasteiger partial charge in [0.2, 0.25) is 5.91 Å². The fraction of sp³-hybridized carbons (Fsp3) is 0.556. The summed E-state index contributed by atoms with van der Waals surface area (Å²) in [6.07, 6.45) is 5.18. The predicted molar refractivity (Wildman–Crippen MR) is 85.6 cm³/mol. The van der Waals surface area contributed by atoms with Crippen LogP contribution in [0.5, 0.6) is 0 Å². The summed E-state index contributed by atoms with van der Waals surface area (Å²) in [4.78, 5) is 24.0. The Hall–Kier alpha value is -1.91. The van der Waals surface area contributed by atoms with Crippen LogP contribution >= 0.6 is 0 Å². The summed E-state index contributed by atoms with van der Waals surface area (Å²) in [5, 5.41) is 12.3. The number of carboxylic acids is 1. The fourth-order valence-electron chi connectivity index (χ4n) is 3.19. The third-order valence-corrected chi connectivity index (χ3v) is 4.65. The quantitative estimate of drug-likeness (QED) is 0.892. The topological polar surface area (TPSA) is 66.4 Å². The number of benzene rings is 1. The second-order valence-corrected chi connectivity index (χ2v) is 6.33. The Kier molecular flexibility index (Phi) is 6.13. The van der Waals surface area contributed by atoms with Crippen molar-refractivity contribution in [3.8, 4) is 0 Å². The number of hydrogen-bond donors (Lipinski definition) is 2. The van der Waals surface area contributed by atoms with Crippen molar-refractivity contribution in [3.63, 3.8) is 0 Å². The average Bonchev–Trinajstić information content (AvgIpc) is 2.48. The molecule has 1 aliphatic rings. The molecule has 4 nitrogen and oxygen atoms in total. The van der Waals surface area contributed by atoms with Gasteiger partial charge in [0.05, 0.1) is 11.8 Å². The lowest BCUT2D eigenvalue weighted by Gasteiger charge is -2.28. The molecule has 1 fully saturated rings. The molecule has 2 N–H and O–H groups in total. The Balaban J connectivity index is 2.07. The summed E-state index contributed by atoms with van der Waals surface area (Å²) in [5.74, 6) is -2.52. The highest BCUT2D eigenvalue weighted by Crippen LogP contribution is 2.24. The largest absolute Gasteiger partial charge is 0.481 e. The molecule has 3 atom stereocenters. The number of aliphatic carboxylic acids is 1. The van der Waals surface area contributed by atoms with Crippen LogP contribution in [0.25, 0.3) is 0 Å². The van der Waals surface area contributed by atoms with Crippen molar-refractivity contribution in [1.82, 2.24) is 5.32 Å². The first-order valence-electron chi connectivity index (χ1n) is 8.27. The molecule has 5 heteroatoms. The van der Waals surface area contributed by atoms with Gasteiger partial charge in [0.1, 0.15) is 5.82 Å². The highest BCUT2D eigenvalue weighted by Gasteiger charge is 2.31. The zero-order valence-electron chi connectivity index (χ0n) is 13.4. The number of carbonyl (C=O) groups is 2. The Morgan fingerprint density at radius 3 is 2.57 bits per heavy atom. The van der Waals surface area contributed by atoms with Crippen LogP contribution < -0.4 is 5.32 Å². The summed E-state index contributed by atoms with van der Waals surface area (Å²) in [6, 6.07) is 5.61. The molecule has 0 heterocycles. The maximum Gasteiger partial charge on any atom is 0.308 e. The van der Waals surface area contributed by atoms with Crippen molar-refractivity contribution < 1.29 is 19.1 Å². The molecular formula is C18H24FNO3. The first-order valence-corrected chi connectivity index (χ1v) is 8.27. The smallest absolute Gasteiger partial charge is 0.308 e. The number of rotatable bonds is 4. The van der Waals surface area contributed by atoms with Crippen LogP contribution in [-0.2, 0) is 9.59 Å². The van der Waals surface area contributed by atoms with E-state index < -0.39 is 17.8 Å². The van der Waals surface area contributed by atoms with Gasteiger partial charge in [-0.1, -0.05) is 37.8 Å². The van der Waals surface area contributed by atoms with Gasteiger partial charge in [0.15, 0.2) is 0 Å². The van der Waals surface area contributed by atoms with Crippen LogP contribution in [0.4, 0.5) is 4.39 Å². The molecule has 0 aromatic heterocycles. The minimum absolute atomic E-state index is 0.243. The molecule has 2 rings (SSSR count). The zero-order valence-corrected chi connectivity index (χ0v) is 13.4. The molecule has 1 aromatic rings.